The number of benzene rings is 1. The molecule has 2 rings (SSSR count). The maximum absolute atomic E-state index is 5.22. The number of halogens is 1. The van der Waals surface area contributed by atoms with Crippen LogP contribution in [0.3, 0.4) is 0 Å². The first-order valence-corrected chi connectivity index (χ1v) is 9.47. The van der Waals surface area contributed by atoms with Gasteiger partial charge in [-0.2, -0.15) is 0 Å². The van der Waals surface area contributed by atoms with Gasteiger partial charge in [0.15, 0.2) is 5.96 Å². The number of hydrogen-bond donors (Lipinski definition) is 2. The van der Waals surface area contributed by atoms with E-state index in [0.29, 0.717) is 5.92 Å². The molecule has 0 aromatic heterocycles. The number of nitrogens with one attached hydrogen (secondary N) is 2. The SMILES string of the molecule is CCN1CCC(CNC(=NC)NCCC(C)c2ccc(OC)cc2)C1.I. The van der Waals surface area contributed by atoms with Crippen molar-refractivity contribution in [3.63, 3.8) is 0 Å². The molecular formula is C20H35IN4O. The number of hydrogen-bond acceptors (Lipinski definition) is 3. The molecule has 1 saturated heterocycles. The van der Waals surface area contributed by atoms with Crippen LogP contribution < -0.4 is 15.4 Å². The van der Waals surface area contributed by atoms with E-state index in [9.17, 15) is 0 Å². The summed E-state index contributed by atoms with van der Waals surface area (Å²) in [5.74, 6) is 3.06. The lowest BCUT2D eigenvalue weighted by molar-refractivity contribution is 0.342. The number of nitrogens with zero attached hydrogens (tertiary/aromatic N) is 2. The topological polar surface area (TPSA) is 48.9 Å². The summed E-state index contributed by atoms with van der Waals surface area (Å²) in [7, 11) is 3.54. The van der Waals surface area contributed by atoms with Crippen LogP contribution in [0.5, 0.6) is 5.75 Å². The van der Waals surface area contributed by atoms with Crippen LogP contribution in [0.15, 0.2) is 29.3 Å². The monoisotopic (exact) mass is 474 g/mol. The van der Waals surface area contributed by atoms with Gasteiger partial charge < -0.3 is 20.3 Å². The molecule has 1 aliphatic rings. The third-order valence-electron chi connectivity index (χ3n) is 5.15. The van der Waals surface area contributed by atoms with Gasteiger partial charge in [0.2, 0.25) is 0 Å². The normalized spacial score (nSPS) is 18.9. The van der Waals surface area contributed by atoms with Crippen LogP contribution in [-0.2, 0) is 0 Å². The van der Waals surface area contributed by atoms with Crippen molar-refractivity contribution in [2.24, 2.45) is 10.9 Å². The molecule has 5 nitrogen and oxygen atoms in total. The zero-order valence-electron chi connectivity index (χ0n) is 16.6. The highest BCUT2D eigenvalue weighted by Crippen LogP contribution is 2.21. The molecule has 1 fully saturated rings. The molecule has 1 aromatic rings. The van der Waals surface area contributed by atoms with Crippen LogP contribution in [0.1, 0.15) is 38.2 Å². The molecule has 0 saturated carbocycles. The molecule has 0 aliphatic carbocycles. The molecule has 2 atom stereocenters. The van der Waals surface area contributed by atoms with E-state index in [1.807, 2.05) is 19.2 Å². The van der Waals surface area contributed by atoms with E-state index in [-0.39, 0.29) is 24.0 Å². The lowest BCUT2D eigenvalue weighted by Gasteiger charge is -2.17. The van der Waals surface area contributed by atoms with E-state index in [4.69, 9.17) is 4.74 Å². The van der Waals surface area contributed by atoms with Gasteiger partial charge in [-0.3, -0.25) is 4.99 Å². The Morgan fingerprint density at radius 1 is 1.31 bits per heavy atom. The Morgan fingerprint density at radius 2 is 2.04 bits per heavy atom. The number of aliphatic imine (C=N–C) groups is 1. The molecule has 0 amide bonds. The van der Waals surface area contributed by atoms with Crippen molar-refractivity contribution >= 4 is 29.9 Å². The Bertz CT molecular complexity index is 535. The van der Waals surface area contributed by atoms with Crippen molar-refractivity contribution in [1.82, 2.24) is 15.5 Å². The van der Waals surface area contributed by atoms with Gasteiger partial charge in [-0.15, -0.1) is 24.0 Å². The Balaban J connectivity index is 0.00000338. The van der Waals surface area contributed by atoms with Gasteiger partial charge in [0.05, 0.1) is 7.11 Å². The molecule has 0 radical (unpaired) electrons. The van der Waals surface area contributed by atoms with Gasteiger partial charge in [0, 0.05) is 26.7 Å². The molecule has 6 heteroatoms. The fourth-order valence-corrected chi connectivity index (χ4v) is 3.33. The maximum atomic E-state index is 5.22. The summed E-state index contributed by atoms with van der Waals surface area (Å²) < 4.78 is 5.22. The van der Waals surface area contributed by atoms with E-state index in [1.54, 1.807) is 7.11 Å². The summed E-state index contributed by atoms with van der Waals surface area (Å²) >= 11 is 0. The van der Waals surface area contributed by atoms with Crippen LogP contribution >= 0.6 is 24.0 Å². The van der Waals surface area contributed by atoms with Crippen molar-refractivity contribution in [3.8, 4) is 5.75 Å². The van der Waals surface area contributed by atoms with Crippen LogP contribution in [0, 0.1) is 5.92 Å². The van der Waals surface area contributed by atoms with Crippen LogP contribution in [-0.4, -0.2) is 57.7 Å². The summed E-state index contributed by atoms with van der Waals surface area (Å²) in [6.45, 7) is 10.0. The minimum absolute atomic E-state index is 0. The van der Waals surface area contributed by atoms with Crippen LogP contribution in [0.25, 0.3) is 0 Å². The second-order valence-electron chi connectivity index (χ2n) is 6.89. The Morgan fingerprint density at radius 3 is 2.62 bits per heavy atom. The second kappa shape index (κ2) is 12.4. The Kier molecular flexibility index (Phi) is 11.0. The van der Waals surface area contributed by atoms with Crippen molar-refractivity contribution in [2.75, 3.05) is 46.9 Å². The molecule has 1 aromatic carbocycles. The summed E-state index contributed by atoms with van der Waals surface area (Å²) in [6.07, 6.45) is 2.35. The molecule has 148 valence electrons. The second-order valence-corrected chi connectivity index (χ2v) is 6.89. The molecule has 0 spiro atoms. The van der Waals surface area contributed by atoms with Crippen LogP contribution in [0.2, 0.25) is 0 Å². The fourth-order valence-electron chi connectivity index (χ4n) is 3.33. The molecule has 1 heterocycles. The minimum Gasteiger partial charge on any atom is -0.497 e. The summed E-state index contributed by atoms with van der Waals surface area (Å²) in [4.78, 5) is 6.86. The predicted molar refractivity (Wildman–Crippen MR) is 121 cm³/mol. The van der Waals surface area contributed by atoms with E-state index in [1.165, 1.54) is 25.1 Å². The highest BCUT2D eigenvalue weighted by atomic mass is 127. The third kappa shape index (κ3) is 7.31. The van der Waals surface area contributed by atoms with Gasteiger partial charge in [-0.05, 0) is 55.5 Å². The first-order valence-electron chi connectivity index (χ1n) is 9.47. The van der Waals surface area contributed by atoms with E-state index < -0.39 is 0 Å². The zero-order valence-corrected chi connectivity index (χ0v) is 19.0. The highest BCUT2D eigenvalue weighted by Gasteiger charge is 2.20. The molecule has 0 bridgehead atoms. The number of likely N-dealkylation sites (tertiary alicyclic amines) is 1. The molecule has 2 N–H and O–H groups in total. The molecule has 26 heavy (non-hydrogen) atoms. The fraction of sp³-hybridized carbons (Fsp3) is 0.650. The lowest BCUT2D eigenvalue weighted by atomic mass is 9.98. The Hall–Kier alpha value is -1.02. The number of methoxy groups -OCH3 is 1. The maximum Gasteiger partial charge on any atom is 0.190 e. The van der Waals surface area contributed by atoms with Crippen molar-refractivity contribution in [2.45, 2.75) is 32.6 Å². The highest BCUT2D eigenvalue weighted by molar-refractivity contribution is 14.0. The largest absolute Gasteiger partial charge is 0.497 e. The average molecular weight is 474 g/mol. The van der Waals surface area contributed by atoms with Crippen LogP contribution in [0.4, 0.5) is 0 Å². The van der Waals surface area contributed by atoms with Gasteiger partial charge in [-0.1, -0.05) is 26.0 Å². The number of ether oxygens (including phenoxy) is 1. The van der Waals surface area contributed by atoms with E-state index in [2.05, 4.69) is 46.5 Å². The van der Waals surface area contributed by atoms with Crippen molar-refractivity contribution in [1.29, 1.82) is 0 Å². The minimum atomic E-state index is 0. The standard InChI is InChI=1S/C20H34N4O.HI/c1-5-24-13-11-17(15-24)14-23-20(21-3)22-12-10-16(2)18-6-8-19(25-4)9-7-18;/h6-9,16-17H,5,10-15H2,1-4H3,(H2,21,22,23);1H. The van der Waals surface area contributed by atoms with Gasteiger partial charge in [0.1, 0.15) is 5.75 Å². The molecule has 2 unspecified atom stereocenters. The summed E-state index contributed by atoms with van der Waals surface area (Å²) in [5, 5.41) is 6.92. The molecule has 1 aliphatic heterocycles. The summed E-state index contributed by atoms with van der Waals surface area (Å²) in [6, 6.07) is 8.36. The number of rotatable bonds is 8. The average Bonchev–Trinajstić information content (AvgIpc) is 3.12. The van der Waals surface area contributed by atoms with Crippen molar-refractivity contribution in [3.05, 3.63) is 29.8 Å². The third-order valence-corrected chi connectivity index (χ3v) is 5.15. The van der Waals surface area contributed by atoms with Crippen molar-refractivity contribution < 1.29 is 4.74 Å². The predicted octanol–water partition coefficient (Wildman–Crippen LogP) is 3.31. The first kappa shape index (κ1) is 23.0. The lowest BCUT2D eigenvalue weighted by Crippen LogP contribution is -2.40. The number of guanidine groups is 1. The first-order chi connectivity index (χ1) is 12.2. The quantitative estimate of drug-likeness (QED) is 0.345. The van der Waals surface area contributed by atoms with E-state index in [0.717, 1.165) is 43.7 Å². The zero-order chi connectivity index (χ0) is 18.1. The van der Waals surface area contributed by atoms with Gasteiger partial charge in [-0.25, -0.2) is 0 Å². The molecular weight excluding hydrogens is 439 g/mol. The van der Waals surface area contributed by atoms with E-state index >= 15 is 0 Å². The van der Waals surface area contributed by atoms with Gasteiger partial charge >= 0.3 is 0 Å². The Labute approximate surface area is 176 Å². The summed E-state index contributed by atoms with van der Waals surface area (Å²) in [5.41, 5.74) is 1.34. The smallest absolute Gasteiger partial charge is 0.190 e. The van der Waals surface area contributed by atoms with Gasteiger partial charge in [0.25, 0.3) is 0 Å².